The third kappa shape index (κ3) is 4.78. The van der Waals surface area contributed by atoms with Crippen molar-refractivity contribution in [3.05, 3.63) is 34.3 Å². The van der Waals surface area contributed by atoms with Crippen LogP contribution in [0, 0.1) is 5.92 Å². The Bertz CT molecular complexity index is 395. The Hall–Kier alpha value is -0.870. The molecule has 0 unspecified atom stereocenters. The summed E-state index contributed by atoms with van der Waals surface area (Å²) < 4.78 is 6.06. The molecule has 3 nitrogen and oxygen atoms in total. The average Bonchev–Trinajstić information content (AvgIpc) is 2.32. The smallest absolute Gasteiger partial charge is 0.225 e. The van der Waals surface area contributed by atoms with E-state index in [1.165, 1.54) is 5.56 Å². The van der Waals surface area contributed by atoms with Crippen molar-refractivity contribution in [3.8, 4) is 0 Å². The molecule has 0 bridgehead atoms. The van der Waals surface area contributed by atoms with Crippen LogP contribution in [0.2, 0.25) is 0 Å². The fourth-order valence-corrected chi connectivity index (χ4v) is 2.20. The van der Waals surface area contributed by atoms with E-state index in [1.54, 1.807) is 7.11 Å². The van der Waals surface area contributed by atoms with Crippen LogP contribution in [0.25, 0.3) is 0 Å². The Balaban J connectivity index is 2.49. The van der Waals surface area contributed by atoms with Gasteiger partial charge >= 0.3 is 0 Å². The molecule has 1 amide bonds. The quantitative estimate of drug-likeness (QED) is 0.877. The van der Waals surface area contributed by atoms with Gasteiger partial charge in [-0.3, -0.25) is 4.79 Å². The average molecular weight is 314 g/mol. The molecule has 1 aromatic rings. The molecule has 4 heteroatoms. The molecule has 0 saturated carbocycles. The zero-order valence-corrected chi connectivity index (χ0v) is 12.7. The molecular weight excluding hydrogens is 294 g/mol. The number of halogens is 1. The minimum Gasteiger partial charge on any atom is -0.384 e. The number of carbonyl (C=O) groups is 1. The summed E-state index contributed by atoms with van der Waals surface area (Å²) in [6.07, 6.45) is 0.812. The fourth-order valence-electron chi connectivity index (χ4n) is 1.76. The van der Waals surface area contributed by atoms with Crippen molar-refractivity contribution in [2.45, 2.75) is 26.3 Å². The maximum atomic E-state index is 11.8. The Morgan fingerprint density at radius 3 is 2.67 bits per heavy atom. The van der Waals surface area contributed by atoms with Crippen LogP contribution in [0.5, 0.6) is 0 Å². The van der Waals surface area contributed by atoms with E-state index in [4.69, 9.17) is 4.74 Å². The van der Waals surface area contributed by atoms with Crippen molar-refractivity contribution in [2.75, 3.05) is 13.7 Å². The molecule has 0 radical (unpaired) electrons. The number of nitrogens with one attached hydrogen (secondary N) is 1. The van der Waals surface area contributed by atoms with Gasteiger partial charge in [0.15, 0.2) is 0 Å². The Labute approximate surface area is 117 Å². The molecule has 0 saturated heterocycles. The minimum atomic E-state index is -0.114. The topological polar surface area (TPSA) is 38.3 Å². The number of hydrogen-bond donors (Lipinski definition) is 1. The molecule has 0 aliphatic heterocycles. The molecule has 1 N–H and O–H groups in total. The molecule has 1 rings (SSSR count). The Kier molecular flexibility index (Phi) is 6.36. The number of amides is 1. The lowest BCUT2D eigenvalue weighted by Gasteiger charge is -2.17. The van der Waals surface area contributed by atoms with E-state index < -0.39 is 0 Å². The van der Waals surface area contributed by atoms with Crippen LogP contribution >= 0.6 is 15.9 Å². The number of hydrogen-bond acceptors (Lipinski definition) is 2. The Morgan fingerprint density at radius 1 is 1.39 bits per heavy atom. The van der Waals surface area contributed by atoms with Crippen molar-refractivity contribution in [1.29, 1.82) is 0 Å². The van der Waals surface area contributed by atoms with Gasteiger partial charge in [-0.05, 0) is 25.0 Å². The second-order valence-electron chi connectivity index (χ2n) is 4.56. The number of rotatable bonds is 6. The number of ether oxygens (including phenoxy) is 1. The van der Waals surface area contributed by atoms with Crippen LogP contribution < -0.4 is 5.32 Å². The zero-order valence-electron chi connectivity index (χ0n) is 11.1. The molecule has 18 heavy (non-hydrogen) atoms. The molecule has 2 atom stereocenters. The minimum absolute atomic E-state index is 0.0383. The molecule has 100 valence electrons. The molecule has 1 aromatic carbocycles. The van der Waals surface area contributed by atoms with Gasteiger partial charge in [-0.2, -0.15) is 0 Å². The third-order valence-electron chi connectivity index (χ3n) is 2.74. The molecule has 0 fully saturated rings. The summed E-state index contributed by atoms with van der Waals surface area (Å²) in [5.74, 6) is -0.0759. The van der Waals surface area contributed by atoms with Gasteiger partial charge in [-0.15, -0.1) is 0 Å². The number of benzene rings is 1. The SMILES string of the molecule is COC[C@@H](C)C(=O)N[C@H](C)Cc1ccccc1Br. The van der Waals surface area contributed by atoms with Gasteiger partial charge in [0.1, 0.15) is 0 Å². The zero-order chi connectivity index (χ0) is 13.5. The molecule has 0 aliphatic carbocycles. The number of methoxy groups -OCH3 is 1. The number of carbonyl (C=O) groups excluding carboxylic acids is 1. The summed E-state index contributed by atoms with van der Waals surface area (Å²) in [4.78, 5) is 11.8. The van der Waals surface area contributed by atoms with E-state index in [-0.39, 0.29) is 17.9 Å². The van der Waals surface area contributed by atoms with Crippen LogP contribution in [-0.4, -0.2) is 25.7 Å². The van der Waals surface area contributed by atoms with Crippen molar-refractivity contribution in [3.63, 3.8) is 0 Å². The van der Waals surface area contributed by atoms with Gasteiger partial charge in [0.25, 0.3) is 0 Å². The highest BCUT2D eigenvalue weighted by molar-refractivity contribution is 9.10. The Morgan fingerprint density at radius 2 is 2.06 bits per heavy atom. The summed E-state index contributed by atoms with van der Waals surface area (Å²) in [6.45, 7) is 4.33. The highest BCUT2D eigenvalue weighted by Crippen LogP contribution is 2.17. The van der Waals surface area contributed by atoms with E-state index in [0.29, 0.717) is 6.61 Å². The van der Waals surface area contributed by atoms with E-state index in [1.807, 2.05) is 32.0 Å². The van der Waals surface area contributed by atoms with Crippen LogP contribution in [0.1, 0.15) is 19.4 Å². The highest BCUT2D eigenvalue weighted by atomic mass is 79.9. The van der Waals surface area contributed by atoms with Crippen molar-refractivity contribution in [1.82, 2.24) is 5.32 Å². The molecule has 0 aromatic heterocycles. The van der Waals surface area contributed by atoms with Crippen LogP contribution in [-0.2, 0) is 16.0 Å². The van der Waals surface area contributed by atoms with Crippen LogP contribution in [0.3, 0.4) is 0 Å². The van der Waals surface area contributed by atoms with Crippen LogP contribution in [0.4, 0.5) is 0 Å². The van der Waals surface area contributed by atoms with Gasteiger partial charge in [0.2, 0.25) is 5.91 Å². The van der Waals surface area contributed by atoms with Crippen LogP contribution in [0.15, 0.2) is 28.7 Å². The van der Waals surface area contributed by atoms with E-state index in [2.05, 4.69) is 27.3 Å². The summed E-state index contributed by atoms with van der Waals surface area (Å²) in [6, 6.07) is 8.16. The van der Waals surface area contributed by atoms with Gasteiger partial charge in [0.05, 0.1) is 12.5 Å². The summed E-state index contributed by atoms with van der Waals surface area (Å²) >= 11 is 3.51. The lowest BCUT2D eigenvalue weighted by Crippen LogP contribution is -2.38. The van der Waals surface area contributed by atoms with Crippen molar-refractivity contribution < 1.29 is 9.53 Å². The summed E-state index contributed by atoms with van der Waals surface area (Å²) in [5.41, 5.74) is 1.20. The second-order valence-corrected chi connectivity index (χ2v) is 5.42. The predicted octanol–water partition coefficient (Wildman–Crippen LogP) is 2.78. The van der Waals surface area contributed by atoms with Gasteiger partial charge < -0.3 is 10.1 Å². The highest BCUT2D eigenvalue weighted by Gasteiger charge is 2.15. The maximum absolute atomic E-state index is 11.8. The summed E-state index contributed by atoms with van der Waals surface area (Å²) in [7, 11) is 1.61. The van der Waals surface area contributed by atoms with Crippen molar-refractivity contribution in [2.24, 2.45) is 5.92 Å². The third-order valence-corrected chi connectivity index (χ3v) is 3.51. The monoisotopic (exact) mass is 313 g/mol. The fraction of sp³-hybridized carbons (Fsp3) is 0.500. The largest absolute Gasteiger partial charge is 0.384 e. The van der Waals surface area contributed by atoms with E-state index in [9.17, 15) is 4.79 Å². The van der Waals surface area contributed by atoms with Gasteiger partial charge in [0, 0.05) is 17.6 Å². The van der Waals surface area contributed by atoms with Crippen molar-refractivity contribution >= 4 is 21.8 Å². The molecule has 0 aliphatic rings. The first-order valence-electron chi connectivity index (χ1n) is 6.07. The van der Waals surface area contributed by atoms with Gasteiger partial charge in [-0.25, -0.2) is 0 Å². The molecule has 0 spiro atoms. The molecule has 0 heterocycles. The lowest BCUT2D eigenvalue weighted by atomic mass is 10.1. The maximum Gasteiger partial charge on any atom is 0.225 e. The van der Waals surface area contributed by atoms with E-state index >= 15 is 0 Å². The first-order valence-corrected chi connectivity index (χ1v) is 6.86. The first-order chi connectivity index (χ1) is 8.54. The lowest BCUT2D eigenvalue weighted by molar-refractivity contribution is -0.126. The second kappa shape index (κ2) is 7.54. The predicted molar refractivity (Wildman–Crippen MR) is 76.5 cm³/mol. The standard InChI is InChI=1S/C14H20BrNO2/c1-10(9-18-3)14(17)16-11(2)8-12-6-4-5-7-13(12)15/h4-7,10-11H,8-9H2,1-3H3,(H,16,17)/t10-,11-/m1/s1. The van der Waals surface area contributed by atoms with E-state index in [0.717, 1.165) is 10.9 Å². The normalized spacial score (nSPS) is 14.0. The first kappa shape index (κ1) is 15.2. The summed E-state index contributed by atoms with van der Waals surface area (Å²) in [5, 5.41) is 3.00. The van der Waals surface area contributed by atoms with Gasteiger partial charge in [-0.1, -0.05) is 41.1 Å². The molecular formula is C14H20BrNO2.